The quantitative estimate of drug-likeness (QED) is 0.302. The van der Waals surface area contributed by atoms with Crippen molar-refractivity contribution in [2.75, 3.05) is 44.3 Å². The van der Waals surface area contributed by atoms with Crippen molar-refractivity contribution in [3.05, 3.63) is 48.5 Å². The van der Waals surface area contributed by atoms with Gasteiger partial charge in [-0.1, -0.05) is 18.2 Å². The van der Waals surface area contributed by atoms with Crippen molar-refractivity contribution in [3.63, 3.8) is 0 Å². The summed E-state index contributed by atoms with van der Waals surface area (Å²) in [5, 5.41) is 9.35. The largest absolute Gasteiger partial charge is 0.380 e. The van der Waals surface area contributed by atoms with Crippen LogP contribution in [0.5, 0.6) is 0 Å². The Kier molecular flexibility index (Phi) is 9.14. The summed E-state index contributed by atoms with van der Waals surface area (Å²) in [6.45, 7) is 1.02. The van der Waals surface area contributed by atoms with Crippen LogP contribution >= 0.6 is 23.7 Å². The Hall–Kier alpha value is -1.38. The molecule has 1 unspecified atom stereocenters. The van der Waals surface area contributed by atoms with E-state index in [1.54, 1.807) is 7.11 Å². The summed E-state index contributed by atoms with van der Waals surface area (Å²) in [6.07, 6.45) is 1.05. The molecular weight excluding hydrogens is 364 g/mol. The molecule has 0 bridgehead atoms. The minimum atomic E-state index is 0.330. The molecule has 7 heteroatoms. The number of thioether (sulfide) groups is 1. The number of rotatable bonds is 11. The molecule has 0 aliphatic carbocycles. The van der Waals surface area contributed by atoms with Crippen LogP contribution in [0.1, 0.15) is 6.42 Å². The number of nitrogens with two attached hydrogens (primary N) is 1. The molecule has 1 atom stereocenters. The highest BCUT2D eigenvalue weighted by molar-refractivity contribution is 7.99. The predicted octanol–water partition coefficient (Wildman–Crippen LogP) is 4.15. The Labute approximate surface area is 165 Å². The summed E-state index contributed by atoms with van der Waals surface area (Å²) in [6, 6.07) is 16.9. The number of hydrogen-bond donors (Lipinski definition) is 3. The number of nitrogens with one attached hydrogen (secondary N) is 2. The van der Waals surface area contributed by atoms with Crippen molar-refractivity contribution in [2.45, 2.75) is 22.3 Å². The van der Waals surface area contributed by atoms with Gasteiger partial charge in [0.15, 0.2) is 0 Å². The highest BCUT2D eigenvalue weighted by Crippen LogP contribution is 2.29. The zero-order valence-corrected chi connectivity index (χ0v) is 17.2. The molecule has 0 aromatic heterocycles. The van der Waals surface area contributed by atoms with Gasteiger partial charge in [0.2, 0.25) is 0 Å². The highest BCUT2D eigenvalue weighted by Gasteiger charge is 2.13. The molecule has 142 valence electrons. The lowest BCUT2D eigenvalue weighted by Gasteiger charge is -2.23. The lowest BCUT2D eigenvalue weighted by molar-refractivity contribution is 0.271. The first-order chi connectivity index (χ1) is 12.6. The molecule has 2 rings (SSSR count). The molecule has 26 heavy (non-hydrogen) atoms. The first kappa shape index (κ1) is 20.9. The Morgan fingerprint density at radius 2 is 1.85 bits per heavy atom. The molecule has 2 aromatic carbocycles. The van der Waals surface area contributed by atoms with E-state index in [1.807, 2.05) is 36.0 Å². The van der Waals surface area contributed by atoms with Crippen LogP contribution in [0.25, 0.3) is 0 Å². The summed E-state index contributed by atoms with van der Waals surface area (Å²) in [4.78, 5) is 9.61. The van der Waals surface area contributed by atoms with Crippen LogP contribution in [0.2, 0.25) is 0 Å². The fourth-order valence-electron chi connectivity index (χ4n) is 2.46. The molecule has 0 amide bonds. The Balaban J connectivity index is 2.09. The normalized spacial score (nSPS) is 12.2. The van der Waals surface area contributed by atoms with Crippen LogP contribution in [0.3, 0.4) is 0 Å². The highest BCUT2D eigenvalue weighted by atomic mass is 32.2. The summed E-state index contributed by atoms with van der Waals surface area (Å²) in [7, 11) is 5.82. The summed E-state index contributed by atoms with van der Waals surface area (Å²) in [5.41, 5.74) is 4.85. The van der Waals surface area contributed by atoms with Gasteiger partial charge in [0.05, 0.1) is 18.5 Å². The Morgan fingerprint density at radius 3 is 2.50 bits per heavy atom. The van der Waals surface area contributed by atoms with E-state index in [1.165, 1.54) is 16.8 Å². The third-order valence-electron chi connectivity index (χ3n) is 3.82. The van der Waals surface area contributed by atoms with E-state index < -0.39 is 0 Å². The fourth-order valence-corrected chi connectivity index (χ4v) is 3.79. The monoisotopic (exact) mass is 392 g/mol. The van der Waals surface area contributed by atoms with Crippen molar-refractivity contribution in [2.24, 2.45) is 5.14 Å². The fraction of sp³-hybridized carbons (Fsp3) is 0.368. The standard InChI is InChI=1S/C19H28N4OS2/c1-23(2)12-11-15(14-25-16-7-5-4-6-8-16)21-18-10-9-17(26-20)13-19(18)22-24-3/h4-10,13,15,21-22H,11-12,14,20H2,1-3H3. The maximum Gasteiger partial charge on any atom is 0.0847 e. The van der Waals surface area contributed by atoms with Gasteiger partial charge in [0.1, 0.15) is 0 Å². The zero-order valence-electron chi connectivity index (χ0n) is 15.6. The van der Waals surface area contributed by atoms with E-state index in [2.05, 4.69) is 54.1 Å². The smallest absolute Gasteiger partial charge is 0.0847 e. The van der Waals surface area contributed by atoms with Crippen LogP contribution in [0, 0.1) is 0 Å². The molecular formula is C19H28N4OS2. The third kappa shape index (κ3) is 7.09. The molecule has 5 nitrogen and oxygen atoms in total. The molecule has 0 fully saturated rings. The van der Waals surface area contributed by atoms with Crippen molar-refractivity contribution in [3.8, 4) is 0 Å². The third-order valence-corrected chi connectivity index (χ3v) is 5.52. The minimum Gasteiger partial charge on any atom is -0.380 e. The summed E-state index contributed by atoms with van der Waals surface area (Å²) >= 11 is 3.09. The van der Waals surface area contributed by atoms with Crippen LogP contribution in [0.15, 0.2) is 58.3 Å². The van der Waals surface area contributed by atoms with Gasteiger partial charge in [-0.3, -0.25) is 15.5 Å². The van der Waals surface area contributed by atoms with E-state index >= 15 is 0 Å². The van der Waals surface area contributed by atoms with E-state index in [9.17, 15) is 0 Å². The second-order valence-electron chi connectivity index (χ2n) is 6.19. The second-order valence-corrected chi connectivity index (χ2v) is 7.99. The SMILES string of the molecule is CONc1cc(SN)ccc1NC(CCN(C)C)CSc1ccccc1. The summed E-state index contributed by atoms with van der Waals surface area (Å²) < 4.78 is 0. The van der Waals surface area contributed by atoms with E-state index in [4.69, 9.17) is 9.98 Å². The van der Waals surface area contributed by atoms with E-state index in [-0.39, 0.29) is 0 Å². The van der Waals surface area contributed by atoms with E-state index in [0.29, 0.717) is 6.04 Å². The van der Waals surface area contributed by atoms with Gasteiger partial charge in [-0.25, -0.2) is 0 Å². The maximum atomic E-state index is 5.68. The molecule has 0 saturated heterocycles. The number of anilines is 2. The van der Waals surface area contributed by atoms with E-state index in [0.717, 1.165) is 35.0 Å². The minimum absolute atomic E-state index is 0.330. The Bertz CT molecular complexity index is 655. The second kappa shape index (κ2) is 11.4. The van der Waals surface area contributed by atoms with Crippen molar-refractivity contribution in [1.82, 2.24) is 4.90 Å². The van der Waals surface area contributed by atoms with Gasteiger partial charge in [-0.15, -0.1) is 11.8 Å². The lowest BCUT2D eigenvalue weighted by atomic mass is 10.2. The molecule has 0 spiro atoms. The zero-order chi connectivity index (χ0) is 18.8. The van der Waals surface area contributed by atoms with Gasteiger partial charge in [0.25, 0.3) is 0 Å². The van der Waals surface area contributed by atoms with Gasteiger partial charge in [-0.2, -0.15) is 0 Å². The molecule has 0 radical (unpaired) electrons. The predicted molar refractivity (Wildman–Crippen MR) is 115 cm³/mol. The molecule has 2 aromatic rings. The maximum absolute atomic E-state index is 5.68. The van der Waals surface area contributed by atoms with Crippen molar-refractivity contribution in [1.29, 1.82) is 0 Å². The molecule has 4 N–H and O–H groups in total. The number of nitrogens with zero attached hydrogens (tertiary/aromatic N) is 1. The first-order valence-electron chi connectivity index (χ1n) is 8.51. The van der Waals surface area contributed by atoms with Gasteiger partial charge in [-0.05, 0) is 69.3 Å². The van der Waals surface area contributed by atoms with Crippen LogP contribution in [-0.4, -0.2) is 44.4 Å². The average Bonchev–Trinajstić information content (AvgIpc) is 2.66. The number of benzene rings is 2. The van der Waals surface area contributed by atoms with Crippen LogP contribution in [-0.2, 0) is 4.84 Å². The molecule has 0 aliphatic heterocycles. The topological polar surface area (TPSA) is 62.6 Å². The van der Waals surface area contributed by atoms with Gasteiger partial charge >= 0.3 is 0 Å². The van der Waals surface area contributed by atoms with Gasteiger partial charge < -0.3 is 10.2 Å². The first-order valence-corrected chi connectivity index (χ1v) is 10.4. The lowest BCUT2D eigenvalue weighted by Crippen LogP contribution is -2.28. The van der Waals surface area contributed by atoms with Crippen LogP contribution in [0.4, 0.5) is 11.4 Å². The molecule has 0 aliphatic rings. The Morgan fingerprint density at radius 1 is 1.08 bits per heavy atom. The van der Waals surface area contributed by atoms with Crippen molar-refractivity contribution >= 4 is 35.1 Å². The van der Waals surface area contributed by atoms with Crippen molar-refractivity contribution < 1.29 is 4.84 Å². The summed E-state index contributed by atoms with van der Waals surface area (Å²) in [5.74, 6) is 0.984. The molecule has 0 heterocycles. The number of hydrogen-bond acceptors (Lipinski definition) is 7. The van der Waals surface area contributed by atoms with Gasteiger partial charge in [0, 0.05) is 21.6 Å². The van der Waals surface area contributed by atoms with Crippen LogP contribution < -0.4 is 15.9 Å². The molecule has 0 saturated carbocycles. The average molecular weight is 393 g/mol.